The number of hydrogen-bond donors (Lipinski definition) is 0. The van der Waals surface area contributed by atoms with Crippen molar-refractivity contribution in [3.63, 3.8) is 0 Å². The van der Waals surface area contributed by atoms with Gasteiger partial charge in [0.25, 0.3) is 0 Å². The summed E-state index contributed by atoms with van der Waals surface area (Å²) in [4.78, 5) is 10.9. The smallest absolute Gasteiger partial charge is 0.147 e. The largest absolute Gasteiger partial charge is 0.348 e. The molecule has 1 saturated heterocycles. The van der Waals surface area contributed by atoms with Crippen molar-refractivity contribution >= 4 is 5.82 Å². The Morgan fingerprint density at radius 2 is 2.15 bits per heavy atom. The summed E-state index contributed by atoms with van der Waals surface area (Å²) in [5.74, 6) is 0.731. The molecule has 0 N–H and O–H groups in total. The van der Waals surface area contributed by atoms with Gasteiger partial charge < -0.3 is 4.90 Å². The van der Waals surface area contributed by atoms with E-state index < -0.39 is 0 Å². The summed E-state index contributed by atoms with van der Waals surface area (Å²) in [5, 5.41) is 0. The maximum absolute atomic E-state index is 13.3. The van der Waals surface area contributed by atoms with Gasteiger partial charge in [0, 0.05) is 18.9 Å². The van der Waals surface area contributed by atoms with E-state index in [1.807, 2.05) is 13.0 Å². The Morgan fingerprint density at radius 1 is 1.25 bits per heavy atom. The van der Waals surface area contributed by atoms with E-state index in [-0.39, 0.29) is 11.9 Å². The SMILES string of the molecule is Cc1cc(F)ccc1C1CCCCN1c1cnccn1. The Morgan fingerprint density at radius 3 is 2.90 bits per heavy atom. The van der Waals surface area contributed by atoms with Gasteiger partial charge in [-0.3, -0.25) is 4.98 Å². The molecule has 20 heavy (non-hydrogen) atoms. The van der Waals surface area contributed by atoms with E-state index in [1.54, 1.807) is 30.7 Å². The van der Waals surface area contributed by atoms with Crippen LogP contribution in [-0.2, 0) is 0 Å². The van der Waals surface area contributed by atoms with Gasteiger partial charge in [0.15, 0.2) is 0 Å². The van der Waals surface area contributed by atoms with E-state index in [1.165, 1.54) is 12.0 Å². The van der Waals surface area contributed by atoms with Crippen molar-refractivity contribution < 1.29 is 4.39 Å². The first-order valence-electron chi connectivity index (χ1n) is 7.04. The number of hydrogen-bond acceptors (Lipinski definition) is 3. The molecule has 0 saturated carbocycles. The Balaban J connectivity index is 1.97. The third-order valence-electron chi connectivity index (χ3n) is 3.94. The molecule has 1 aromatic heterocycles. The minimum absolute atomic E-state index is 0.173. The van der Waals surface area contributed by atoms with Gasteiger partial charge in [-0.2, -0.15) is 0 Å². The van der Waals surface area contributed by atoms with Crippen molar-refractivity contribution in [1.82, 2.24) is 9.97 Å². The number of aryl methyl sites for hydroxylation is 1. The fraction of sp³-hybridized carbons (Fsp3) is 0.375. The van der Waals surface area contributed by atoms with Crippen LogP contribution in [0.5, 0.6) is 0 Å². The van der Waals surface area contributed by atoms with E-state index in [9.17, 15) is 4.39 Å². The zero-order chi connectivity index (χ0) is 13.9. The predicted octanol–water partition coefficient (Wildman–Crippen LogP) is 3.66. The number of piperidine rings is 1. The van der Waals surface area contributed by atoms with Gasteiger partial charge in [-0.1, -0.05) is 6.07 Å². The Labute approximate surface area is 118 Å². The molecule has 1 aliphatic heterocycles. The standard InChI is InChI=1S/C16H18FN3/c1-12-10-13(17)5-6-14(12)15-4-2-3-9-20(15)16-11-18-7-8-19-16/h5-8,10-11,15H,2-4,9H2,1H3. The fourth-order valence-electron chi connectivity index (χ4n) is 2.98. The molecule has 104 valence electrons. The molecule has 3 rings (SSSR count). The summed E-state index contributed by atoms with van der Waals surface area (Å²) >= 11 is 0. The summed E-state index contributed by atoms with van der Waals surface area (Å²) in [6.07, 6.45) is 8.63. The molecule has 1 fully saturated rings. The lowest BCUT2D eigenvalue weighted by molar-refractivity contribution is 0.467. The lowest BCUT2D eigenvalue weighted by Gasteiger charge is -2.37. The zero-order valence-electron chi connectivity index (χ0n) is 11.6. The number of aromatic nitrogens is 2. The monoisotopic (exact) mass is 271 g/mol. The number of halogens is 1. The molecule has 0 spiro atoms. The molecule has 1 aliphatic rings. The summed E-state index contributed by atoms with van der Waals surface area (Å²) in [6.45, 7) is 2.95. The van der Waals surface area contributed by atoms with Crippen molar-refractivity contribution in [2.24, 2.45) is 0 Å². The Bertz CT molecular complexity index is 586. The lowest BCUT2D eigenvalue weighted by Crippen LogP contribution is -2.34. The van der Waals surface area contributed by atoms with Crippen LogP contribution in [0.1, 0.15) is 36.4 Å². The normalized spacial score (nSPS) is 19.1. The highest BCUT2D eigenvalue weighted by atomic mass is 19.1. The second-order valence-electron chi connectivity index (χ2n) is 5.27. The number of anilines is 1. The molecule has 2 aromatic rings. The van der Waals surface area contributed by atoms with Crippen LogP contribution in [0.4, 0.5) is 10.2 Å². The molecule has 0 bridgehead atoms. The van der Waals surface area contributed by atoms with Gasteiger partial charge in [-0.25, -0.2) is 9.37 Å². The van der Waals surface area contributed by atoms with Crippen LogP contribution in [-0.4, -0.2) is 16.5 Å². The van der Waals surface area contributed by atoms with Gasteiger partial charge in [0.05, 0.1) is 12.2 Å². The first-order chi connectivity index (χ1) is 9.75. The first-order valence-corrected chi connectivity index (χ1v) is 7.04. The summed E-state index contributed by atoms with van der Waals surface area (Å²) < 4.78 is 13.3. The van der Waals surface area contributed by atoms with Gasteiger partial charge in [-0.05, 0) is 49.4 Å². The van der Waals surface area contributed by atoms with E-state index in [0.717, 1.165) is 30.8 Å². The summed E-state index contributed by atoms with van der Waals surface area (Å²) in [7, 11) is 0. The lowest BCUT2D eigenvalue weighted by atomic mass is 9.92. The van der Waals surface area contributed by atoms with Crippen LogP contribution >= 0.6 is 0 Å². The van der Waals surface area contributed by atoms with E-state index in [0.29, 0.717) is 0 Å². The first kappa shape index (κ1) is 13.0. The van der Waals surface area contributed by atoms with Crippen LogP contribution in [0.2, 0.25) is 0 Å². The average Bonchev–Trinajstić information content (AvgIpc) is 2.48. The highest BCUT2D eigenvalue weighted by Gasteiger charge is 2.26. The molecule has 1 aromatic carbocycles. The van der Waals surface area contributed by atoms with Crippen LogP contribution in [0.25, 0.3) is 0 Å². The third-order valence-corrected chi connectivity index (χ3v) is 3.94. The third kappa shape index (κ3) is 2.50. The minimum Gasteiger partial charge on any atom is -0.348 e. The minimum atomic E-state index is -0.173. The molecule has 3 nitrogen and oxygen atoms in total. The van der Waals surface area contributed by atoms with Crippen LogP contribution in [0.15, 0.2) is 36.8 Å². The second kappa shape index (κ2) is 5.57. The predicted molar refractivity (Wildman–Crippen MR) is 77.1 cm³/mol. The van der Waals surface area contributed by atoms with Crippen molar-refractivity contribution in [3.05, 3.63) is 53.7 Å². The summed E-state index contributed by atoms with van der Waals surface area (Å²) in [6, 6.07) is 5.33. The van der Waals surface area contributed by atoms with Crippen molar-refractivity contribution in [1.29, 1.82) is 0 Å². The van der Waals surface area contributed by atoms with Gasteiger partial charge in [0.2, 0.25) is 0 Å². The fourth-order valence-corrected chi connectivity index (χ4v) is 2.98. The van der Waals surface area contributed by atoms with Crippen LogP contribution in [0.3, 0.4) is 0 Å². The van der Waals surface area contributed by atoms with E-state index in [4.69, 9.17) is 0 Å². The molecular formula is C16H18FN3. The quantitative estimate of drug-likeness (QED) is 0.834. The van der Waals surface area contributed by atoms with Crippen LogP contribution < -0.4 is 4.90 Å². The van der Waals surface area contributed by atoms with E-state index in [2.05, 4.69) is 14.9 Å². The van der Waals surface area contributed by atoms with E-state index >= 15 is 0 Å². The molecule has 4 heteroatoms. The van der Waals surface area contributed by atoms with Gasteiger partial charge in [-0.15, -0.1) is 0 Å². The van der Waals surface area contributed by atoms with Crippen LogP contribution in [0, 0.1) is 12.7 Å². The zero-order valence-corrected chi connectivity index (χ0v) is 11.6. The molecular weight excluding hydrogens is 253 g/mol. The molecule has 2 heterocycles. The maximum atomic E-state index is 13.3. The molecule has 0 radical (unpaired) electrons. The summed E-state index contributed by atoms with van der Waals surface area (Å²) in [5.41, 5.74) is 2.20. The maximum Gasteiger partial charge on any atom is 0.147 e. The number of benzene rings is 1. The van der Waals surface area contributed by atoms with Gasteiger partial charge in [0.1, 0.15) is 11.6 Å². The van der Waals surface area contributed by atoms with Crippen molar-refractivity contribution in [2.75, 3.05) is 11.4 Å². The topological polar surface area (TPSA) is 29.0 Å². The van der Waals surface area contributed by atoms with Gasteiger partial charge >= 0.3 is 0 Å². The highest BCUT2D eigenvalue weighted by molar-refractivity contribution is 5.43. The number of rotatable bonds is 2. The second-order valence-corrected chi connectivity index (χ2v) is 5.27. The average molecular weight is 271 g/mol. The van der Waals surface area contributed by atoms with Crippen molar-refractivity contribution in [3.8, 4) is 0 Å². The number of nitrogens with zero attached hydrogens (tertiary/aromatic N) is 3. The molecule has 1 atom stereocenters. The van der Waals surface area contributed by atoms with Crippen molar-refractivity contribution in [2.45, 2.75) is 32.2 Å². The Kier molecular flexibility index (Phi) is 3.63. The Hall–Kier alpha value is -1.97. The molecule has 1 unspecified atom stereocenters. The molecule has 0 aliphatic carbocycles. The molecule has 0 amide bonds. The highest BCUT2D eigenvalue weighted by Crippen LogP contribution is 2.35.